The van der Waals surface area contributed by atoms with Crippen LogP contribution in [0.15, 0.2) is 47.4 Å². The molecule has 0 radical (unpaired) electrons. The first kappa shape index (κ1) is 17.8. The highest BCUT2D eigenvalue weighted by Gasteiger charge is 2.14. The number of thioether (sulfide) groups is 1. The lowest BCUT2D eigenvalue weighted by Gasteiger charge is -2.08. The molecule has 0 aromatic heterocycles. The molecule has 1 aliphatic rings. The van der Waals surface area contributed by atoms with Crippen LogP contribution in [0.25, 0.3) is 0 Å². The maximum Gasteiger partial charge on any atom is 0.186 e. The van der Waals surface area contributed by atoms with Gasteiger partial charge in [0.05, 0.1) is 23.9 Å². The van der Waals surface area contributed by atoms with Crippen molar-refractivity contribution in [3.05, 3.63) is 59.2 Å². The van der Waals surface area contributed by atoms with E-state index in [0.717, 1.165) is 22.9 Å². The summed E-state index contributed by atoms with van der Waals surface area (Å²) in [6.45, 7) is 2.59. The molecule has 1 N–H and O–H groups in total. The molecule has 1 atom stereocenters. The summed E-state index contributed by atoms with van der Waals surface area (Å²) in [4.78, 5) is 23.5. The Morgan fingerprint density at radius 1 is 1.12 bits per heavy atom. The maximum absolute atomic E-state index is 12.5. The van der Waals surface area contributed by atoms with E-state index in [1.54, 1.807) is 24.3 Å². The second-order valence-corrected chi connectivity index (χ2v) is 7.94. The van der Waals surface area contributed by atoms with Crippen LogP contribution in [-0.4, -0.2) is 20.9 Å². The molecule has 2 aromatic rings. The summed E-state index contributed by atoms with van der Waals surface area (Å²) < 4.78 is 20.8. The van der Waals surface area contributed by atoms with Crippen molar-refractivity contribution in [1.82, 2.24) is 0 Å². The molecule has 130 valence electrons. The van der Waals surface area contributed by atoms with Crippen molar-refractivity contribution in [1.29, 1.82) is 0 Å². The van der Waals surface area contributed by atoms with E-state index in [4.69, 9.17) is 4.74 Å². The van der Waals surface area contributed by atoms with Gasteiger partial charge in [0, 0.05) is 18.2 Å². The third kappa shape index (κ3) is 4.56. The average molecular weight is 375 g/mol. The van der Waals surface area contributed by atoms with E-state index in [9.17, 15) is 13.8 Å². The third-order valence-corrected chi connectivity index (χ3v) is 5.65. The van der Waals surface area contributed by atoms with Gasteiger partial charge in [-0.1, -0.05) is 17.8 Å². The lowest BCUT2D eigenvalue weighted by atomic mass is 10.1. The van der Waals surface area contributed by atoms with Crippen LogP contribution >= 0.6 is 11.8 Å². The summed E-state index contributed by atoms with van der Waals surface area (Å²) in [5, 5.41) is -0.0817. The Morgan fingerprint density at radius 2 is 1.84 bits per heavy atom. The van der Waals surface area contributed by atoms with E-state index in [2.05, 4.69) is 4.72 Å². The van der Waals surface area contributed by atoms with E-state index in [0.29, 0.717) is 29.4 Å². The topological polar surface area (TPSA) is 72.5 Å². The normalized spacial score (nSPS) is 14.0. The van der Waals surface area contributed by atoms with Gasteiger partial charge < -0.3 is 9.46 Å². The van der Waals surface area contributed by atoms with Crippen LogP contribution in [-0.2, 0) is 33.7 Å². The van der Waals surface area contributed by atoms with Gasteiger partial charge in [0.15, 0.2) is 10.9 Å². The standard InChI is InChI=1S/C18H17NO4S2/c1-12(20)24-11-18(21)13-2-5-16(6-3-13)19-25(22)17-7-4-14-9-23-10-15(14)8-17/h2-8,19H,9-11H2,1H3. The number of ketones is 1. The molecular weight excluding hydrogens is 358 g/mol. The molecule has 0 spiro atoms. The summed E-state index contributed by atoms with van der Waals surface area (Å²) in [5.41, 5.74) is 3.38. The highest BCUT2D eigenvalue weighted by atomic mass is 32.2. The van der Waals surface area contributed by atoms with E-state index in [-0.39, 0.29) is 16.7 Å². The predicted molar refractivity (Wildman–Crippen MR) is 98.9 cm³/mol. The average Bonchev–Trinajstić information content (AvgIpc) is 3.08. The molecule has 3 rings (SSSR count). The van der Waals surface area contributed by atoms with Crippen LogP contribution in [0.1, 0.15) is 28.4 Å². The highest BCUT2D eigenvalue weighted by molar-refractivity contribution is 8.14. The van der Waals surface area contributed by atoms with Gasteiger partial charge in [-0.2, -0.15) is 0 Å². The molecule has 25 heavy (non-hydrogen) atoms. The third-order valence-electron chi connectivity index (χ3n) is 3.73. The smallest absolute Gasteiger partial charge is 0.186 e. The van der Waals surface area contributed by atoms with Crippen molar-refractivity contribution in [3.63, 3.8) is 0 Å². The Bertz CT molecular complexity index is 833. The van der Waals surface area contributed by atoms with E-state index >= 15 is 0 Å². The molecule has 5 nitrogen and oxygen atoms in total. The molecule has 7 heteroatoms. The van der Waals surface area contributed by atoms with Crippen LogP contribution in [0.2, 0.25) is 0 Å². The van der Waals surface area contributed by atoms with Gasteiger partial charge in [0.1, 0.15) is 11.0 Å². The molecule has 2 aromatic carbocycles. The zero-order valence-electron chi connectivity index (χ0n) is 13.6. The number of hydrogen-bond donors (Lipinski definition) is 1. The van der Waals surface area contributed by atoms with Crippen molar-refractivity contribution in [2.45, 2.75) is 25.0 Å². The van der Waals surface area contributed by atoms with Crippen LogP contribution in [0.5, 0.6) is 0 Å². The summed E-state index contributed by atoms with van der Waals surface area (Å²) in [7, 11) is -1.39. The monoisotopic (exact) mass is 375 g/mol. The highest BCUT2D eigenvalue weighted by Crippen LogP contribution is 2.23. The maximum atomic E-state index is 12.5. The number of nitrogens with one attached hydrogen (secondary N) is 1. The number of carbonyl (C=O) groups excluding carboxylic acids is 2. The van der Waals surface area contributed by atoms with Crippen LogP contribution in [0.4, 0.5) is 5.69 Å². The van der Waals surface area contributed by atoms with Crippen molar-refractivity contribution in [2.75, 3.05) is 10.5 Å². The number of benzene rings is 2. The molecule has 0 bridgehead atoms. The fourth-order valence-electron chi connectivity index (χ4n) is 2.40. The van der Waals surface area contributed by atoms with Crippen molar-refractivity contribution in [3.8, 4) is 0 Å². The van der Waals surface area contributed by atoms with E-state index in [1.165, 1.54) is 6.92 Å². The summed E-state index contributed by atoms with van der Waals surface area (Å²) in [6.07, 6.45) is 0. The minimum Gasteiger partial charge on any atom is -0.372 e. The van der Waals surface area contributed by atoms with Gasteiger partial charge in [-0.3, -0.25) is 9.59 Å². The second-order valence-electron chi connectivity index (χ2n) is 5.57. The molecule has 0 saturated heterocycles. The van der Waals surface area contributed by atoms with Gasteiger partial charge >= 0.3 is 0 Å². The number of rotatable bonds is 6. The Balaban J connectivity index is 1.64. The largest absolute Gasteiger partial charge is 0.372 e. The van der Waals surface area contributed by atoms with Gasteiger partial charge in [0.2, 0.25) is 0 Å². The zero-order valence-corrected chi connectivity index (χ0v) is 15.2. The fraction of sp³-hybridized carbons (Fsp3) is 0.222. The van der Waals surface area contributed by atoms with Crippen LogP contribution in [0.3, 0.4) is 0 Å². The molecule has 1 unspecified atom stereocenters. The molecule has 0 fully saturated rings. The minimum absolute atomic E-state index is 0.0817. The first-order valence-electron chi connectivity index (χ1n) is 7.67. The first-order valence-corrected chi connectivity index (χ1v) is 9.81. The Morgan fingerprint density at radius 3 is 2.56 bits per heavy atom. The number of fused-ring (bicyclic) bond motifs is 1. The number of hydrogen-bond acceptors (Lipinski definition) is 5. The molecule has 0 amide bonds. The van der Waals surface area contributed by atoms with Crippen molar-refractivity contribution >= 4 is 39.3 Å². The van der Waals surface area contributed by atoms with Gasteiger partial charge in [0.25, 0.3) is 0 Å². The van der Waals surface area contributed by atoms with Crippen molar-refractivity contribution < 1.29 is 18.5 Å². The van der Waals surface area contributed by atoms with Crippen LogP contribution < -0.4 is 4.72 Å². The number of ether oxygens (including phenoxy) is 1. The lowest BCUT2D eigenvalue weighted by molar-refractivity contribution is -0.109. The zero-order chi connectivity index (χ0) is 17.8. The molecule has 1 heterocycles. The lowest BCUT2D eigenvalue weighted by Crippen LogP contribution is -2.07. The second kappa shape index (κ2) is 7.95. The Kier molecular flexibility index (Phi) is 5.67. The summed E-state index contributed by atoms with van der Waals surface area (Å²) >= 11 is 0.993. The Hall–Kier alpha value is -1.96. The fourth-order valence-corrected chi connectivity index (χ4v) is 3.81. The van der Waals surface area contributed by atoms with E-state index in [1.807, 2.05) is 18.2 Å². The predicted octanol–water partition coefficient (Wildman–Crippen LogP) is 3.31. The number of anilines is 1. The van der Waals surface area contributed by atoms with Crippen LogP contribution in [0, 0.1) is 0 Å². The molecular formula is C18H17NO4S2. The molecule has 1 aliphatic heterocycles. The van der Waals surface area contributed by atoms with Gasteiger partial charge in [-0.15, -0.1) is 0 Å². The van der Waals surface area contributed by atoms with Gasteiger partial charge in [-0.05, 0) is 47.5 Å². The minimum atomic E-state index is -1.39. The van der Waals surface area contributed by atoms with Gasteiger partial charge in [-0.25, -0.2) is 4.21 Å². The first-order chi connectivity index (χ1) is 12.0. The Labute approximate surface area is 152 Å². The SMILES string of the molecule is CC(=O)SCC(=O)c1ccc(NS(=O)c2ccc3c(c2)COC3)cc1. The number of Topliss-reactive ketones (excluding diaryl/α,β-unsaturated/α-hetero) is 1. The summed E-state index contributed by atoms with van der Waals surface area (Å²) in [6, 6.07) is 12.4. The quantitative estimate of drug-likeness (QED) is 0.784. The van der Waals surface area contributed by atoms with Crippen molar-refractivity contribution in [2.24, 2.45) is 0 Å². The van der Waals surface area contributed by atoms with E-state index < -0.39 is 11.0 Å². The molecule has 0 aliphatic carbocycles. The molecule has 0 saturated carbocycles. The summed E-state index contributed by atoms with van der Waals surface area (Å²) in [5.74, 6) is 0.0251. The number of carbonyl (C=O) groups is 2.